The molecule has 0 bridgehead atoms. The first-order valence-electron chi connectivity index (χ1n) is 9.82. The van der Waals surface area contributed by atoms with Crippen LogP contribution >= 0.6 is 11.3 Å². The SMILES string of the molecule is C[C@H](OC(=O)c1cc2c(s1)-c1ccccc1OC2)C(=O)c1ccc2c(c1)CCC2. The van der Waals surface area contributed by atoms with Gasteiger partial charge in [0.15, 0.2) is 6.10 Å². The Balaban J connectivity index is 1.33. The van der Waals surface area contributed by atoms with Crippen LogP contribution < -0.4 is 4.74 Å². The Morgan fingerprint density at radius 1 is 1.03 bits per heavy atom. The second-order valence-electron chi connectivity index (χ2n) is 7.50. The molecular formula is C24H20O4S. The summed E-state index contributed by atoms with van der Waals surface area (Å²) in [5.74, 6) is 0.189. The molecule has 1 aliphatic carbocycles. The molecule has 0 spiro atoms. The van der Waals surface area contributed by atoms with Gasteiger partial charge in [0.25, 0.3) is 0 Å². The monoisotopic (exact) mass is 404 g/mol. The Hall–Kier alpha value is -2.92. The number of para-hydroxylation sites is 1. The van der Waals surface area contributed by atoms with E-state index in [2.05, 4.69) is 0 Å². The quantitative estimate of drug-likeness (QED) is 0.442. The van der Waals surface area contributed by atoms with E-state index in [-0.39, 0.29) is 5.78 Å². The van der Waals surface area contributed by atoms with Crippen LogP contribution in [-0.2, 0) is 24.2 Å². The summed E-state index contributed by atoms with van der Waals surface area (Å²) in [6.45, 7) is 2.07. The van der Waals surface area contributed by atoms with E-state index in [0.29, 0.717) is 17.0 Å². The maximum absolute atomic E-state index is 12.8. The van der Waals surface area contributed by atoms with Crippen molar-refractivity contribution in [3.63, 3.8) is 0 Å². The molecule has 0 N–H and O–H groups in total. The van der Waals surface area contributed by atoms with Crippen molar-refractivity contribution in [2.24, 2.45) is 0 Å². The minimum absolute atomic E-state index is 0.164. The van der Waals surface area contributed by atoms with Gasteiger partial charge in [0, 0.05) is 21.6 Å². The summed E-state index contributed by atoms with van der Waals surface area (Å²) in [5.41, 5.74) is 5.12. The van der Waals surface area contributed by atoms with Gasteiger partial charge in [0.2, 0.25) is 5.78 Å². The number of ether oxygens (including phenoxy) is 2. The molecule has 1 aliphatic heterocycles. The van der Waals surface area contributed by atoms with Gasteiger partial charge in [0.1, 0.15) is 17.2 Å². The fraction of sp³-hybridized carbons (Fsp3) is 0.250. The minimum atomic E-state index is -0.829. The van der Waals surface area contributed by atoms with Gasteiger partial charge in [-0.2, -0.15) is 0 Å². The summed E-state index contributed by atoms with van der Waals surface area (Å²) in [5, 5.41) is 0. The number of hydrogen-bond acceptors (Lipinski definition) is 5. The van der Waals surface area contributed by atoms with Gasteiger partial charge >= 0.3 is 5.97 Å². The van der Waals surface area contributed by atoms with Crippen molar-refractivity contribution in [1.29, 1.82) is 0 Å². The normalized spacial score (nSPS) is 14.9. The molecule has 2 heterocycles. The van der Waals surface area contributed by atoms with Crippen molar-refractivity contribution in [1.82, 2.24) is 0 Å². The van der Waals surface area contributed by atoms with Crippen LogP contribution in [0.4, 0.5) is 0 Å². The fourth-order valence-corrected chi connectivity index (χ4v) is 5.11. The number of aryl methyl sites for hydroxylation is 2. The number of ketones is 1. The Kier molecular flexibility index (Phi) is 4.47. The first kappa shape index (κ1) is 18.1. The molecule has 1 atom stereocenters. The lowest BCUT2D eigenvalue weighted by atomic mass is 10.0. The average molecular weight is 404 g/mol. The van der Waals surface area contributed by atoms with Crippen molar-refractivity contribution in [2.45, 2.75) is 38.9 Å². The summed E-state index contributed by atoms with van der Waals surface area (Å²) < 4.78 is 11.3. The van der Waals surface area contributed by atoms with E-state index in [1.54, 1.807) is 6.92 Å². The molecule has 5 rings (SSSR count). The molecular weight excluding hydrogens is 384 g/mol. The molecule has 0 amide bonds. The zero-order chi connectivity index (χ0) is 20.0. The first-order valence-corrected chi connectivity index (χ1v) is 10.6. The highest BCUT2D eigenvalue weighted by Crippen LogP contribution is 2.42. The number of esters is 1. The van der Waals surface area contributed by atoms with Crippen molar-refractivity contribution >= 4 is 23.1 Å². The average Bonchev–Trinajstić information content (AvgIpc) is 3.39. The molecule has 0 fully saturated rings. The van der Waals surface area contributed by atoms with Crippen LogP contribution in [0.3, 0.4) is 0 Å². The lowest BCUT2D eigenvalue weighted by Gasteiger charge is -2.16. The largest absolute Gasteiger partial charge is 0.488 e. The number of rotatable bonds is 4. The van der Waals surface area contributed by atoms with Crippen LogP contribution in [-0.4, -0.2) is 17.9 Å². The molecule has 1 aromatic heterocycles. The summed E-state index contributed by atoms with van der Waals surface area (Å²) in [7, 11) is 0. The molecule has 5 heteroatoms. The summed E-state index contributed by atoms with van der Waals surface area (Å²) >= 11 is 1.39. The third kappa shape index (κ3) is 3.25. The number of carbonyl (C=O) groups is 2. The second kappa shape index (κ2) is 7.16. The topological polar surface area (TPSA) is 52.6 Å². The third-order valence-electron chi connectivity index (χ3n) is 5.56. The fourth-order valence-electron chi connectivity index (χ4n) is 4.03. The number of carbonyl (C=O) groups excluding carboxylic acids is 2. The minimum Gasteiger partial charge on any atom is -0.488 e. The first-order chi connectivity index (χ1) is 14.1. The highest BCUT2D eigenvalue weighted by molar-refractivity contribution is 7.17. The molecule has 4 nitrogen and oxygen atoms in total. The Morgan fingerprint density at radius 2 is 1.86 bits per heavy atom. The predicted molar refractivity (Wildman–Crippen MR) is 112 cm³/mol. The van der Waals surface area contributed by atoms with Crippen molar-refractivity contribution in [3.8, 4) is 16.2 Å². The van der Waals surface area contributed by atoms with Gasteiger partial charge in [-0.05, 0) is 61.6 Å². The lowest BCUT2D eigenvalue weighted by Crippen LogP contribution is -2.24. The molecule has 2 aliphatic rings. The molecule has 0 saturated carbocycles. The number of thiophene rings is 1. The zero-order valence-electron chi connectivity index (χ0n) is 16.1. The highest BCUT2D eigenvalue weighted by Gasteiger charge is 2.26. The molecule has 3 aromatic rings. The van der Waals surface area contributed by atoms with Crippen LogP contribution in [0.1, 0.15) is 50.1 Å². The van der Waals surface area contributed by atoms with Gasteiger partial charge in [0.05, 0.1) is 0 Å². The van der Waals surface area contributed by atoms with Crippen LogP contribution in [0.5, 0.6) is 5.75 Å². The molecule has 0 saturated heterocycles. The third-order valence-corrected chi connectivity index (χ3v) is 6.75. The predicted octanol–water partition coefficient (Wildman–Crippen LogP) is 5.22. The Morgan fingerprint density at radius 3 is 2.76 bits per heavy atom. The van der Waals surface area contributed by atoms with E-state index in [1.165, 1.54) is 22.5 Å². The smallest absolute Gasteiger partial charge is 0.349 e. The van der Waals surface area contributed by atoms with E-state index in [1.807, 2.05) is 48.5 Å². The number of hydrogen-bond donors (Lipinski definition) is 0. The van der Waals surface area contributed by atoms with Crippen molar-refractivity contribution < 1.29 is 19.1 Å². The second-order valence-corrected chi connectivity index (χ2v) is 8.55. The van der Waals surface area contributed by atoms with Gasteiger partial charge < -0.3 is 9.47 Å². The summed E-state index contributed by atoms with van der Waals surface area (Å²) in [6.07, 6.45) is 2.39. The van der Waals surface area contributed by atoms with Gasteiger partial charge in [-0.25, -0.2) is 4.79 Å². The van der Waals surface area contributed by atoms with Crippen LogP contribution in [0.15, 0.2) is 48.5 Å². The number of Topliss-reactive ketones (excluding diaryl/α,β-unsaturated/α-hetero) is 1. The molecule has 29 heavy (non-hydrogen) atoms. The van der Waals surface area contributed by atoms with E-state index in [9.17, 15) is 9.59 Å². The van der Waals surface area contributed by atoms with E-state index < -0.39 is 12.1 Å². The standard InChI is InChI=1S/C24H20O4S/c1-14(22(25)17-10-9-15-5-4-6-16(15)11-17)28-24(26)21-12-18-13-27-20-8-3-2-7-19(20)23(18)29-21/h2-3,7-12,14H,4-6,13H2,1H3/t14-/m0/s1. The van der Waals surface area contributed by atoms with Crippen LogP contribution in [0.2, 0.25) is 0 Å². The van der Waals surface area contributed by atoms with Crippen molar-refractivity contribution in [3.05, 3.63) is 75.7 Å². The maximum atomic E-state index is 12.8. The summed E-state index contributed by atoms with van der Waals surface area (Å²) in [6, 6.07) is 15.4. The molecule has 146 valence electrons. The lowest BCUT2D eigenvalue weighted by molar-refractivity contribution is 0.0323. The highest BCUT2D eigenvalue weighted by atomic mass is 32.1. The Bertz CT molecular complexity index is 1130. The van der Waals surface area contributed by atoms with E-state index >= 15 is 0 Å². The molecule has 2 aromatic carbocycles. The number of fused-ring (bicyclic) bond motifs is 4. The van der Waals surface area contributed by atoms with Crippen molar-refractivity contribution in [2.75, 3.05) is 0 Å². The van der Waals surface area contributed by atoms with Crippen LogP contribution in [0, 0.1) is 0 Å². The maximum Gasteiger partial charge on any atom is 0.349 e. The zero-order valence-corrected chi connectivity index (χ0v) is 16.9. The van der Waals surface area contributed by atoms with E-state index in [4.69, 9.17) is 9.47 Å². The Labute approximate surface area is 173 Å². The van der Waals surface area contributed by atoms with Gasteiger partial charge in [-0.3, -0.25) is 4.79 Å². The summed E-state index contributed by atoms with van der Waals surface area (Å²) in [4.78, 5) is 27.0. The van der Waals surface area contributed by atoms with Gasteiger partial charge in [-0.15, -0.1) is 11.3 Å². The molecule has 0 radical (unpaired) electrons. The number of benzene rings is 2. The van der Waals surface area contributed by atoms with E-state index in [0.717, 1.165) is 41.0 Å². The van der Waals surface area contributed by atoms with Crippen LogP contribution in [0.25, 0.3) is 10.4 Å². The van der Waals surface area contributed by atoms with Gasteiger partial charge in [-0.1, -0.05) is 24.3 Å². The molecule has 0 unspecified atom stereocenters.